The number of hydrogen-bond donors (Lipinski definition) is 1. The summed E-state index contributed by atoms with van der Waals surface area (Å²) in [6.45, 7) is 4.05. The molecule has 1 atom stereocenters. The summed E-state index contributed by atoms with van der Waals surface area (Å²) in [6, 6.07) is 10.2. The van der Waals surface area contributed by atoms with Gasteiger partial charge in [-0.2, -0.15) is 0 Å². The summed E-state index contributed by atoms with van der Waals surface area (Å²) in [7, 11) is 3.13. The van der Waals surface area contributed by atoms with E-state index in [9.17, 15) is 9.18 Å². The summed E-state index contributed by atoms with van der Waals surface area (Å²) in [4.78, 5) is 26.4. The Kier molecular flexibility index (Phi) is 5.90. The average Bonchev–Trinajstić information content (AvgIpc) is 3.39. The molecule has 0 unspecified atom stereocenters. The van der Waals surface area contributed by atoms with E-state index >= 15 is 0 Å². The summed E-state index contributed by atoms with van der Waals surface area (Å²) in [5.41, 5.74) is 8.79. The Bertz CT molecular complexity index is 1300. The maximum atomic E-state index is 14.8. The second-order valence-electron chi connectivity index (χ2n) is 9.22. The Morgan fingerprint density at radius 3 is 2.77 bits per heavy atom. The average molecular weight is 478 g/mol. The molecule has 8 nitrogen and oxygen atoms in total. The summed E-state index contributed by atoms with van der Waals surface area (Å²) >= 11 is 0. The first kappa shape index (κ1) is 23.2. The number of carbonyl (C=O) groups excluding carboxylic acids is 1. The van der Waals surface area contributed by atoms with E-state index in [1.165, 1.54) is 19.4 Å². The molecule has 5 rings (SSSR count). The first-order chi connectivity index (χ1) is 16.8. The number of halogens is 1. The van der Waals surface area contributed by atoms with Crippen LogP contribution >= 0.6 is 0 Å². The second-order valence-corrected chi connectivity index (χ2v) is 9.22. The van der Waals surface area contributed by atoms with Crippen molar-refractivity contribution in [3.8, 4) is 17.0 Å². The predicted octanol–water partition coefficient (Wildman–Crippen LogP) is 3.31. The van der Waals surface area contributed by atoms with Gasteiger partial charge in [-0.1, -0.05) is 6.07 Å². The van der Waals surface area contributed by atoms with Gasteiger partial charge >= 0.3 is 0 Å². The van der Waals surface area contributed by atoms with Crippen LogP contribution in [0.5, 0.6) is 5.75 Å². The molecule has 0 spiro atoms. The van der Waals surface area contributed by atoms with Gasteiger partial charge in [0.05, 0.1) is 37.1 Å². The molecule has 182 valence electrons. The number of methoxy groups -OCH3 is 2. The molecule has 2 aromatic heterocycles. The van der Waals surface area contributed by atoms with Crippen molar-refractivity contribution in [1.29, 1.82) is 0 Å². The SMILES string of the molecule is COC[C@@]1(N)CCN(c2cc(C)cc(N3Cc4c(ccnc4-c4c(F)cccc4OC)C3=O)n2)C1. The number of amides is 1. The molecule has 1 saturated heterocycles. The van der Waals surface area contributed by atoms with Crippen molar-refractivity contribution in [1.82, 2.24) is 9.97 Å². The minimum atomic E-state index is -0.456. The smallest absolute Gasteiger partial charge is 0.260 e. The molecule has 1 amide bonds. The second kappa shape index (κ2) is 8.90. The minimum absolute atomic E-state index is 0.197. The summed E-state index contributed by atoms with van der Waals surface area (Å²) < 4.78 is 25.5. The van der Waals surface area contributed by atoms with E-state index in [4.69, 9.17) is 20.2 Å². The van der Waals surface area contributed by atoms with Crippen molar-refractivity contribution in [3.63, 3.8) is 0 Å². The first-order valence-corrected chi connectivity index (χ1v) is 11.5. The molecule has 9 heteroatoms. The molecule has 0 saturated carbocycles. The molecule has 0 aliphatic carbocycles. The summed E-state index contributed by atoms with van der Waals surface area (Å²) in [5.74, 6) is 1.01. The summed E-state index contributed by atoms with van der Waals surface area (Å²) in [5, 5.41) is 0. The number of benzene rings is 1. The molecule has 2 aliphatic rings. The van der Waals surface area contributed by atoms with Crippen LogP contribution in [0, 0.1) is 12.7 Å². The van der Waals surface area contributed by atoms with Crippen molar-refractivity contribution < 1.29 is 18.7 Å². The van der Waals surface area contributed by atoms with E-state index in [0.717, 1.165) is 24.3 Å². The lowest BCUT2D eigenvalue weighted by Gasteiger charge is -2.25. The molecule has 1 aromatic carbocycles. The lowest BCUT2D eigenvalue weighted by atomic mass is 10.0. The van der Waals surface area contributed by atoms with Crippen molar-refractivity contribution in [3.05, 3.63) is 65.1 Å². The number of carbonyl (C=O) groups is 1. The van der Waals surface area contributed by atoms with Crippen LogP contribution in [0.1, 0.15) is 27.9 Å². The first-order valence-electron chi connectivity index (χ1n) is 11.5. The number of pyridine rings is 2. The third-order valence-electron chi connectivity index (χ3n) is 6.64. The number of rotatable bonds is 6. The van der Waals surface area contributed by atoms with Gasteiger partial charge in [0, 0.05) is 37.5 Å². The zero-order valence-corrected chi connectivity index (χ0v) is 20.0. The highest BCUT2D eigenvalue weighted by atomic mass is 19.1. The fourth-order valence-electron chi connectivity index (χ4n) is 4.96. The maximum Gasteiger partial charge on any atom is 0.260 e. The predicted molar refractivity (Wildman–Crippen MR) is 131 cm³/mol. The molecule has 2 aliphatic heterocycles. The van der Waals surface area contributed by atoms with Crippen LogP contribution in [0.25, 0.3) is 11.3 Å². The van der Waals surface area contributed by atoms with Crippen molar-refractivity contribution in [2.75, 3.05) is 43.7 Å². The number of aryl methyl sites for hydroxylation is 1. The third kappa shape index (κ3) is 4.11. The van der Waals surface area contributed by atoms with Crippen molar-refractivity contribution in [2.24, 2.45) is 5.73 Å². The fourth-order valence-corrected chi connectivity index (χ4v) is 4.96. The number of anilines is 2. The lowest BCUT2D eigenvalue weighted by molar-refractivity contribution is 0.0996. The highest BCUT2D eigenvalue weighted by Crippen LogP contribution is 2.39. The van der Waals surface area contributed by atoms with Gasteiger partial charge in [-0.25, -0.2) is 9.37 Å². The molecule has 0 radical (unpaired) electrons. The minimum Gasteiger partial charge on any atom is -0.496 e. The number of ether oxygens (including phenoxy) is 2. The van der Waals surface area contributed by atoms with Gasteiger partial charge < -0.3 is 20.1 Å². The van der Waals surface area contributed by atoms with E-state index in [0.29, 0.717) is 41.5 Å². The number of nitrogens with zero attached hydrogens (tertiary/aromatic N) is 4. The Hall–Kier alpha value is -3.56. The van der Waals surface area contributed by atoms with Crippen LogP contribution in [0.15, 0.2) is 42.6 Å². The number of nitrogens with two attached hydrogens (primary N) is 1. The molecular formula is C26H28FN5O3. The largest absolute Gasteiger partial charge is 0.496 e. The molecule has 0 bridgehead atoms. The molecule has 1 fully saturated rings. The van der Waals surface area contributed by atoms with Gasteiger partial charge in [-0.3, -0.25) is 14.7 Å². The highest BCUT2D eigenvalue weighted by molar-refractivity contribution is 6.10. The van der Waals surface area contributed by atoms with Crippen LogP contribution in [-0.2, 0) is 11.3 Å². The molecule has 2 N–H and O–H groups in total. The van der Waals surface area contributed by atoms with Crippen molar-refractivity contribution in [2.45, 2.75) is 25.4 Å². The molecule has 3 aromatic rings. The van der Waals surface area contributed by atoms with Crippen molar-refractivity contribution >= 4 is 17.5 Å². The standard InChI is InChI=1S/C26H28FN5O3/c1-16-11-21(31-10-8-26(28,14-31)15-34-2)30-22(12-16)32-13-18-17(25(32)33)7-9-29-24(18)23-19(27)5-4-6-20(23)35-3/h4-7,9,11-12H,8,10,13-15,28H2,1-3H3/t26-/m1/s1. The van der Waals surface area contributed by atoms with Gasteiger partial charge in [-0.15, -0.1) is 0 Å². The Labute approximate surface area is 203 Å². The van der Waals surface area contributed by atoms with Gasteiger partial charge in [0.15, 0.2) is 0 Å². The fraction of sp³-hybridized carbons (Fsp3) is 0.346. The zero-order valence-electron chi connectivity index (χ0n) is 20.0. The van der Waals surface area contributed by atoms with E-state index in [2.05, 4.69) is 9.88 Å². The zero-order chi connectivity index (χ0) is 24.7. The van der Waals surface area contributed by atoms with E-state index in [1.807, 2.05) is 19.1 Å². The van der Waals surface area contributed by atoms with E-state index in [-0.39, 0.29) is 18.0 Å². The third-order valence-corrected chi connectivity index (χ3v) is 6.64. The van der Waals surface area contributed by atoms with Crippen LogP contribution in [0.3, 0.4) is 0 Å². The molecule has 35 heavy (non-hydrogen) atoms. The van der Waals surface area contributed by atoms with Gasteiger partial charge in [-0.05, 0) is 49.2 Å². The van der Waals surface area contributed by atoms with Crippen LogP contribution in [-0.4, -0.2) is 55.3 Å². The maximum absolute atomic E-state index is 14.8. The molecular weight excluding hydrogens is 449 g/mol. The normalized spacial score (nSPS) is 19.4. The topological polar surface area (TPSA) is 93.8 Å². The summed E-state index contributed by atoms with van der Waals surface area (Å²) in [6.07, 6.45) is 2.32. The number of hydrogen-bond acceptors (Lipinski definition) is 7. The van der Waals surface area contributed by atoms with Crippen LogP contribution in [0.2, 0.25) is 0 Å². The van der Waals surface area contributed by atoms with Gasteiger partial charge in [0.25, 0.3) is 5.91 Å². The highest BCUT2D eigenvalue weighted by Gasteiger charge is 2.37. The molecule has 4 heterocycles. The Balaban J connectivity index is 1.50. The monoisotopic (exact) mass is 477 g/mol. The van der Waals surface area contributed by atoms with Crippen LogP contribution < -0.4 is 20.3 Å². The quantitative estimate of drug-likeness (QED) is 0.582. The Morgan fingerprint density at radius 1 is 1.20 bits per heavy atom. The van der Waals surface area contributed by atoms with Gasteiger partial charge in [0.2, 0.25) is 0 Å². The van der Waals surface area contributed by atoms with E-state index in [1.54, 1.807) is 30.2 Å². The number of fused-ring (bicyclic) bond motifs is 1. The van der Waals surface area contributed by atoms with Crippen LogP contribution in [0.4, 0.5) is 16.0 Å². The Morgan fingerprint density at radius 2 is 2.00 bits per heavy atom. The number of aromatic nitrogens is 2. The van der Waals surface area contributed by atoms with E-state index < -0.39 is 11.4 Å². The lowest BCUT2D eigenvalue weighted by Crippen LogP contribution is -2.46. The van der Waals surface area contributed by atoms with Gasteiger partial charge in [0.1, 0.15) is 23.2 Å².